The first kappa shape index (κ1) is 13.9. The molecule has 3 nitrogen and oxygen atoms in total. The number of aliphatic hydroxyl groups is 1. The fourth-order valence-electron chi connectivity index (χ4n) is 2.36. The van der Waals surface area contributed by atoms with Gasteiger partial charge in [-0.05, 0) is 24.5 Å². The first-order chi connectivity index (χ1) is 9.09. The lowest BCUT2D eigenvalue weighted by Crippen LogP contribution is -2.36. The van der Waals surface area contributed by atoms with Crippen molar-refractivity contribution in [3.8, 4) is 6.07 Å². The molecule has 1 aliphatic heterocycles. The second kappa shape index (κ2) is 5.64. The molecule has 102 valence electrons. The SMILES string of the molecule is N#CC1(C(O)c2cccc(C(F)F)c2)CCCOC1. The summed E-state index contributed by atoms with van der Waals surface area (Å²) in [4.78, 5) is 0. The van der Waals surface area contributed by atoms with E-state index < -0.39 is 17.9 Å². The van der Waals surface area contributed by atoms with Gasteiger partial charge in [0.2, 0.25) is 0 Å². The summed E-state index contributed by atoms with van der Waals surface area (Å²) in [7, 11) is 0. The van der Waals surface area contributed by atoms with E-state index in [1.807, 2.05) is 0 Å². The maximum atomic E-state index is 12.7. The van der Waals surface area contributed by atoms with Gasteiger partial charge in [-0.1, -0.05) is 18.2 Å². The second-order valence-electron chi connectivity index (χ2n) is 4.80. The van der Waals surface area contributed by atoms with Gasteiger partial charge in [-0.2, -0.15) is 5.26 Å². The van der Waals surface area contributed by atoms with Crippen LogP contribution in [0.15, 0.2) is 24.3 Å². The van der Waals surface area contributed by atoms with Crippen LogP contribution in [-0.4, -0.2) is 18.3 Å². The van der Waals surface area contributed by atoms with Crippen molar-refractivity contribution in [1.82, 2.24) is 0 Å². The third-order valence-corrected chi connectivity index (χ3v) is 3.50. The molecule has 1 heterocycles. The van der Waals surface area contributed by atoms with E-state index in [1.165, 1.54) is 18.2 Å². The molecule has 2 atom stereocenters. The Morgan fingerprint density at radius 1 is 1.37 bits per heavy atom. The lowest BCUT2D eigenvalue weighted by molar-refractivity contribution is -0.0506. The van der Waals surface area contributed by atoms with E-state index in [0.717, 1.165) is 0 Å². The van der Waals surface area contributed by atoms with Crippen LogP contribution in [-0.2, 0) is 4.74 Å². The molecule has 0 saturated carbocycles. The number of hydrogen-bond acceptors (Lipinski definition) is 3. The number of alkyl halides is 2. The van der Waals surface area contributed by atoms with Crippen molar-refractivity contribution in [2.24, 2.45) is 5.41 Å². The van der Waals surface area contributed by atoms with Gasteiger partial charge in [0.05, 0.1) is 18.8 Å². The Hall–Kier alpha value is -1.51. The van der Waals surface area contributed by atoms with Crippen molar-refractivity contribution in [1.29, 1.82) is 5.26 Å². The summed E-state index contributed by atoms with van der Waals surface area (Å²) < 4.78 is 30.6. The summed E-state index contributed by atoms with van der Waals surface area (Å²) in [5, 5.41) is 19.7. The van der Waals surface area contributed by atoms with E-state index in [2.05, 4.69) is 6.07 Å². The van der Waals surface area contributed by atoms with Gasteiger partial charge < -0.3 is 9.84 Å². The van der Waals surface area contributed by atoms with Gasteiger partial charge in [0.15, 0.2) is 0 Å². The van der Waals surface area contributed by atoms with E-state index in [0.29, 0.717) is 25.0 Å². The lowest BCUT2D eigenvalue weighted by atomic mass is 9.76. The van der Waals surface area contributed by atoms with Crippen LogP contribution in [0.5, 0.6) is 0 Å². The Kier molecular flexibility index (Phi) is 4.13. The highest BCUT2D eigenvalue weighted by atomic mass is 19.3. The van der Waals surface area contributed by atoms with E-state index in [9.17, 15) is 19.1 Å². The standard InChI is InChI=1S/C14H15F2NO2/c15-13(16)11-4-1-3-10(7-11)12(18)14(8-17)5-2-6-19-9-14/h1,3-4,7,12-13,18H,2,5-6,9H2. The van der Waals surface area contributed by atoms with Crippen molar-refractivity contribution in [2.45, 2.75) is 25.4 Å². The molecule has 0 bridgehead atoms. The Morgan fingerprint density at radius 2 is 2.11 bits per heavy atom. The van der Waals surface area contributed by atoms with Gasteiger partial charge in [-0.15, -0.1) is 0 Å². The zero-order valence-corrected chi connectivity index (χ0v) is 10.4. The summed E-state index contributed by atoms with van der Waals surface area (Å²) in [5.41, 5.74) is -0.856. The molecule has 19 heavy (non-hydrogen) atoms. The van der Waals surface area contributed by atoms with Crippen LogP contribution in [0.3, 0.4) is 0 Å². The van der Waals surface area contributed by atoms with Crippen molar-refractivity contribution in [2.75, 3.05) is 13.2 Å². The monoisotopic (exact) mass is 267 g/mol. The molecule has 1 saturated heterocycles. The van der Waals surface area contributed by atoms with Crippen LogP contribution in [0, 0.1) is 16.7 Å². The fourth-order valence-corrected chi connectivity index (χ4v) is 2.36. The van der Waals surface area contributed by atoms with Gasteiger partial charge in [-0.3, -0.25) is 0 Å². The molecular weight excluding hydrogens is 252 g/mol. The quantitative estimate of drug-likeness (QED) is 0.916. The van der Waals surface area contributed by atoms with Gasteiger partial charge in [-0.25, -0.2) is 8.78 Å². The van der Waals surface area contributed by atoms with E-state index in [1.54, 1.807) is 6.07 Å². The van der Waals surface area contributed by atoms with Crippen molar-refractivity contribution < 1.29 is 18.6 Å². The first-order valence-electron chi connectivity index (χ1n) is 6.14. The summed E-state index contributed by atoms with van der Waals surface area (Å²) in [6, 6.07) is 7.68. The van der Waals surface area contributed by atoms with Gasteiger partial charge in [0.25, 0.3) is 6.43 Å². The Morgan fingerprint density at radius 3 is 2.68 bits per heavy atom. The normalized spacial score (nSPS) is 25.0. The summed E-state index contributed by atoms with van der Waals surface area (Å²) >= 11 is 0. The molecule has 1 aliphatic rings. The third kappa shape index (κ3) is 2.75. The summed E-state index contributed by atoms with van der Waals surface area (Å²) in [6.07, 6.45) is -2.52. The molecule has 0 aliphatic carbocycles. The zero-order valence-electron chi connectivity index (χ0n) is 10.4. The summed E-state index contributed by atoms with van der Waals surface area (Å²) in [6.45, 7) is 0.691. The van der Waals surface area contributed by atoms with Gasteiger partial charge >= 0.3 is 0 Å². The topological polar surface area (TPSA) is 53.2 Å². The average molecular weight is 267 g/mol. The number of ether oxygens (including phenoxy) is 1. The predicted molar refractivity (Wildman–Crippen MR) is 64.5 cm³/mol. The molecule has 0 amide bonds. The molecule has 1 fully saturated rings. The fraction of sp³-hybridized carbons (Fsp3) is 0.500. The highest BCUT2D eigenvalue weighted by molar-refractivity contribution is 5.29. The molecule has 1 aromatic rings. The molecule has 2 unspecified atom stereocenters. The minimum atomic E-state index is -2.59. The first-order valence-corrected chi connectivity index (χ1v) is 6.14. The number of nitriles is 1. The Bertz CT molecular complexity index is 479. The minimum absolute atomic E-state index is 0.129. The van der Waals surface area contributed by atoms with E-state index in [4.69, 9.17) is 4.74 Å². The Labute approximate surface area is 110 Å². The van der Waals surface area contributed by atoms with Crippen LogP contribution in [0.4, 0.5) is 8.78 Å². The molecule has 0 aromatic heterocycles. The molecule has 2 rings (SSSR count). The van der Waals surface area contributed by atoms with Crippen LogP contribution < -0.4 is 0 Å². The number of nitrogens with zero attached hydrogens (tertiary/aromatic N) is 1. The largest absolute Gasteiger partial charge is 0.387 e. The lowest BCUT2D eigenvalue weighted by Gasteiger charge is -2.35. The third-order valence-electron chi connectivity index (χ3n) is 3.50. The molecule has 5 heteroatoms. The maximum Gasteiger partial charge on any atom is 0.263 e. The van der Waals surface area contributed by atoms with Gasteiger partial charge in [0, 0.05) is 12.2 Å². The van der Waals surface area contributed by atoms with Crippen molar-refractivity contribution in [3.63, 3.8) is 0 Å². The number of halogens is 2. The summed E-state index contributed by atoms with van der Waals surface area (Å²) in [5.74, 6) is 0. The number of benzene rings is 1. The smallest absolute Gasteiger partial charge is 0.263 e. The number of hydrogen-bond donors (Lipinski definition) is 1. The molecular formula is C14H15F2NO2. The van der Waals surface area contributed by atoms with Crippen molar-refractivity contribution in [3.05, 3.63) is 35.4 Å². The van der Waals surface area contributed by atoms with E-state index >= 15 is 0 Å². The van der Waals surface area contributed by atoms with Crippen molar-refractivity contribution >= 4 is 0 Å². The molecule has 1 N–H and O–H groups in total. The molecule has 0 spiro atoms. The maximum absolute atomic E-state index is 12.7. The van der Waals surface area contributed by atoms with Crippen LogP contribution in [0.2, 0.25) is 0 Å². The number of aliphatic hydroxyl groups excluding tert-OH is 1. The van der Waals surface area contributed by atoms with Crippen LogP contribution in [0.25, 0.3) is 0 Å². The molecule has 1 aromatic carbocycles. The zero-order chi connectivity index (χ0) is 13.9. The van der Waals surface area contributed by atoms with Crippen LogP contribution >= 0.6 is 0 Å². The predicted octanol–water partition coefficient (Wildman–Crippen LogP) is 2.98. The number of rotatable bonds is 3. The van der Waals surface area contributed by atoms with Gasteiger partial charge in [0.1, 0.15) is 5.41 Å². The Balaban J connectivity index is 2.29. The van der Waals surface area contributed by atoms with E-state index in [-0.39, 0.29) is 12.2 Å². The van der Waals surface area contributed by atoms with Crippen LogP contribution in [0.1, 0.15) is 36.5 Å². The highest BCUT2D eigenvalue weighted by Gasteiger charge is 2.41. The highest BCUT2D eigenvalue weighted by Crippen LogP contribution is 2.40. The average Bonchev–Trinajstić information content (AvgIpc) is 2.47. The second-order valence-corrected chi connectivity index (χ2v) is 4.80. The molecule has 0 radical (unpaired) electrons. The minimum Gasteiger partial charge on any atom is -0.387 e.